The van der Waals surface area contributed by atoms with E-state index in [0.29, 0.717) is 16.9 Å². The molecule has 0 spiro atoms. The molecule has 33 heavy (non-hydrogen) atoms. The quantitative estimate of drug-likeness (QED) is 0.546. The number of aromatic nitrogens is 3. The molecule has 4 rings (SSSR count). The number of hydrogen-bond acceptors (Lipinski definition) is 4. The molecular formula is C24H24F2N4O2S. The maximum Gasteiger partial charge on any atom is 0.255 e. The van der Waals surface area contributed by atoms with Gasteiger partial charge in [-0.1, -0.05) is 5.92 Å². The van der Waals surface area contributed by atoms with Gasteiger partial charge in [-0.25, -0.2) is 18.7 Å². The van der Waals surface area contributed by atoms with Crippen molar-refractivity contribution >= 4 is 27.7 Å². The summed E-state index contributed by atoms with van der Waals surface area (Å²) in [5.41, 5.74) is 2.38. The van der Waals surface area contributed by atoms with Crippen LogP contribution in [-0.2, 0) is 10.8 Å². The first kappa shape index (κ1) is 23.1. The SMILES string of the molecule is CS(=O)C(C)(C)C#Cc1ccc(-n2ccc3cc(C(=O)N4CCC(F)(F)CC4)cnc32)cn1. The van der Waals surface area contributed by atoms with Gasteiger partial charge in [-0.15, -0.1) is 0 Å². The van der Waals surface area contributed by atoms with Crippen LogP contribution in [0.15, 0.2) is 42.9 Å². The second-order valence-corrected chi connectivity index (χ2v) is 10.5. The Labute approximate surface area is 193 Å². The number of carbonyl (C=O) groups is 1. The molecule has 172 valence electrons. The number of pyridine rings is 2. The molecule has 0 aliphatic carbocycles. The fourth-order valence-electron chi connectivity index (χ4n) is 3.46. The summed E-state index contributed by atoms with van der Waals surface area (Å²) >= 11 is 0. The lowest BCUT2D eigenvalue weighted by molar-refractivity contribution is -0.0494. The first-order valence-corrected chi connectivity index (χ1v) is 12.1. The largest absolute Gasteiger partial charge is 0.338 e. The summed E-state index contributed by atoms with van der Waals surface area (Å²) in [6.45, 7) is 3.72. The van der Waals surface area contributed by atoms with Crippen LogP contribution in [0.25, 0.3) is 16.7 Å². The number of nitrogens with zero attached hydrogens (tertiary/aromatic N) is 4. The van der Waals surface area contributed by atoms with Gasteiger partial charge in [0.1, 0.15) is 16.1 Å². The van der Waals surface area contributed by atoms with Crippen LogP contribution < -0.4 is 0 Å². The van der Waals surface area contributed by atoms with Gasteiger partial charge in [0.15, 0.2) is 0 Å². The average molecular weight is 471 g/mol. The van der Waals surface area contributed by atoms with E-state index in [2.05, 4.69) is 21.8 Å². The molecule has 6 nitrogen and oxygen atoms in total. The number of rotatable bonds is 3. The van der Waals surface area contributed by atoms with E-state index in [9.17, 15) is 17.8 Å². The van der Waals surface area contributed by atoms with Crippen molar-refractivity contribution in [3.8, 4) is 17.5 Å². The van der Waals surface area contributed by atoms with Crippen molar-refractivity contribution in [3.63, 3.8) is 0 Å². The predicted molar refractivity (Wildman–Crippen MR) is 124 cm³/mol. The first-order valence-electron chi connectivity index (χ1n) is 10.5. The minimum absolute atomic E-state index is 0.0388. The Bertz CT molecular complexity index is 1280. The second-order valence-electron chi connectivity index (χ2n) is 8.59. The van der Waals surface area contributed by atoms with Crippen molar-refractivity contribution in [1.29, 1.82) is 0 Å². The van der Waals surface area contributed by atoms with Gasteiger partial charge in [0.25, 0.3) is 11.8 Å². The zero-order valence-electron chi connectivity index (χ0n) is 18.6. The predicted octanol–water partition coefficient (Wildman–Crippen LogP) is 3.80. The number of fused-ring (bicyclic) bond motifs is 1. The van der Waals surface area contributed by atoms with E-state index in [1.54, 1.807) is 24.6 Å². The summed E-state index contributed by atoms with van der Waals surface area (Å²) in [5.74, 6) is 2.98. The molecule has 1 atom stereocenters. The molecular weight excluding hydrogens is 446 g/mol. The van der Waals surface area contributed by atoms with E-state index in [4.69, 9.17) is 0 Å². The van der Waals surface area contributed by atoms with Crippen molar-refractivity contribution in [1.82, 2.24) is 19.4 Å². The lowest BCUT2D eigenvalue weighted by Gasteiger charge is -2.31. The normalized spacial score (nSPS) is 16.8. The highest BCUT2D eigenvalue weighted by Crippen LogP contribution is 2.29. The molecule has 3 aromatic rings. The topological polar surface area (TPSA) is 68.1 Å². The highest BCUT2D eigenvalue weighted by Gasteiger charge is 2.35. The van der Waals surface area contributed by atoms with Crippen LogP contribution in [0.3, 0.4) is 0 Å². The summed E-state index contributed by atoms with van der Waals surface area (Å²) in [4.78, 5) is 23.0. The lowest BCUT2D eigenvalue weighted by Crippen LogP contribution is -2.42. The third-order valence-corrected chi connectivity index (χ3v) is 7.33. The van der Waals surface area contributed by atoms with Crippen LogP contribution in [0.5, 0.6) is 0 Å². The van der Waals surface area contributed by atoms with Crippen molar-refractivity contribution in [3.05, 3.63) is 54.1 Å². The molecule has 1 amide bonds. The molecule has 1 fully saturated rings. The summed E-state index contributed by atoms with van der Waals surface area (Å²) in [5, 5.41) is 0.763. The Morgan fingerprint density at radius 1 is 1.15 bits per heavy atom. The zero-order chi connectivity index (χ0) is 23.8. The summed E-state index contributed by atoms with van der Waals surface area (Å²) in [6, 6.07) is 7.22. The lowest BCUT2D eigenvalue weighted by atomic mass is 10.1. The molecule has 0 bridgehead atoms. The van der Waals surface area contributed by atoms with E-state index in [1.807, 2.05) is 36.7 Å². The third-order valence-electron chi connectivity index (χ3n) is 5.79. The number of piperidine rings is 1. The van der Waals surface area contributed by atoms with Gasteiger partial charge in [0, 0.05) is 60.8 Å². The molecule has 1 aliphatic rings. The number of carbonyl (C=O) groups excluding carboxylic acids is 1. The van der Waals surface area contributed by atoms with Crippen molar-refractivity contribution in [2.45, 2.75) is 37.4 Å². The molecule has 3 aromatic heterocycles. The van der Waals surface area contributed by atoms with Gasteiger partial charge in [0.2, 0.25) is 0 Å². The van der Waals surface area contributed by atoms with E-state index in [1.165, 1.54) is 11.1 Å². The third kappa shape index (κ3) is 4.96. The van der Waals surface area contributed by atoms with Crippen LogP contribution in [0.4, 0.5) is 8.78 Å². The molecule has 0 aromatic carbocycles. The number of hydrogen-bond donors (Lipinski definition) is 0. The van der Waals surface area contributed by atoms with E-state index < -0.39 is 21.5 Å². The maximum absolute atomic E-state index is 13.4. The Hall–Kier alpha value is -3.12. The molecule has 9 heteroatoms. The van der Waals surface area contributed by atoms with Crippen molar-refractivity contribution in [2.75, 3.05) is 19.3 Å². The molecule has 1 aliphatic heterocycles. The van der Waals surface area contributed by atoms with Gasteiger partial charge < -0.3 is 4.90 Å². The summed E-state index contributed by atoms with van der Waals surface area (Å²) < 4.78 is 39.7. The molecule has 0 N–H and O–H groups in total. The minimum atomic E-state index is -2.70. The molecule has 0 radical (unpaired) electrons. The van der Waals surface area contributed by atoms with Crippen LogP contribution in [0, 0.1) is 11.8 Å². The summed E-state index contributed by atoms with van der Waals surface area (Å²) in [6.07, 6.45) is 5.98. The van der Waals surface area contributed by atoms with Crippen LogP contribution in [0.2, 0.25) is 0 Å². The van der Waals surface area contributed by atoms with Crippen LogP contribution in [0.1, 0.15) is 42.7 Å². The average Bonchev–Trinajstić information content (AvgIpc) is 3.21. The Morgan fingerprint density at radius 3 is 2.52 bits per heavy atom. The summed E-state index contributed by atoms with van der Waals surface area (Å²) in [7, 11) is -1.08. The van der Waals surface area contributed by atoms with Gasteiger partial charge in [-0.05, 0) is 44.0 Å². The number of likely N-dealkylation sites (tertiary alicyclic amines) is 1. The Kier molecular flexibility index (Phi) is 6.06. The Morgan fingerprint density at radius 2 is 1.88 bits per heavy atom. The van der Waals surface area contributed by atoms with E-state index in [-0.39, 0.29) is 31.8 Å². The fraction of sp³-hybridized carbons (Fsp3) is 0.375. The fourth-order valence-corrected chi connectivity index (χ4v) is 3.65. The molecule has 1 unspecified atom stereocenters. The van der Waals surface area contributed by atoms with Crippen LogP contribution in [-0.4, -0.2) is 59.6 Å². The highest BCUT2D eigenvalue weighted by molar-refractivity contribution is 7.85. The maximum atomic E-state index is 13.4. The highest BCUT2D eigenvalue weighted by atomic mass is 32.2. The van der Waals surface area contributed by atoms with Gasteiger partial charge >= 0.3 is 0 Å². The standard InChI is InChI=1S/C24H24F2N4O2S/c1-23(2,33(3)32)8-6-19-4-5-20(16-27-19)30-11-7-17-14-18(15-28-21(17)30)22(31)29-12-9-24(25,26)10-13-29/h4-5,7,11,14-16H,9-10,12-13H2,1-3H3. The van der Waals surface area contributed by atoms with Gasteiger partial charge in [-0.2, -0.15) is 0 Å². The zero-order valence-corrected chi connectivity index (χ0v) is 19.5. The number of amides is 1. The first-order chi connectivity index (χ1) is 15.6. The Balaban J connectivity index is 1.54. The van der Waals surface area contributed by atoms with Crippen molar-refractivity contribution in [2.24, 2.45) is 0 Å². The number of halogens is 2. The second kappa shape index (κ2) is 8.67. The van der Waals surface area contributed by atoms with E-state index >= 15 is 0 Å². The number of alkyl halides is 2. The minimum Gasteiger partial charge on any atom is -0.338 e. The smallest absolute Gasteiger partial charge is 0.255 e. The van der Waals surface area contributed by atoms with E-state index in [0.717, 1.165) is 11.1 Å². The molecule has 1 saturated heterocycles. The van der Waals surface area contributed by atoms with Crippen molar-refractivity contribution < 1.29 is 17.8 Å². The van der Waals surface area contributed by atoms with Gasteiger partial charge in [-0.3, -0.25) is 13.6 Å². The molecule has 0 saturated carbocycles. The van der Waals surface area contributed by atoms with Crippen LogP contribution >= 0.6 is 0 Å². The van der Waals surface area contributed by atoms with Gasteiger partial charge in [0.05, 0.1) is 17.4 Å². The molecule has 4 heterocycles. The monoisotopic (exact) mass is 470 g/mol.